The van der Waals surface area contributed by atoms with Crippen molar-refractivity contribution in [3.05, 3.63) is 108 Å². The first-order chi connectivity index (χ1) is 17.9. The van der Waals surface area contributed by atoms with Gasteiger partial charge in [0.1, 0.15) is 0 Å². The molecule has 5 rings (SSSR count). The molecule has 0 aliphatic carbocycles. The van der Waals surface area contributed by atoms with Crippen molar-refractivity contribution in [2.75, 3.05) is 16.3 Å². The Hall–Kier alpha value is -4.16. The standard InChI is InChI=1S/C31H29N3O3.ClH/c1-21(30(32)36)26-20-33(29(35)18-22-10-3-2-4-11-22)27-16-7-8-17-28(27)34(31(26)37)19-24-14-9-13-23-12-5-6-15-25(23)24;/h2-17,21,26H,18-20H2,1H3,(H2,32,36);1H/t21?,26-;/m1./s1. The number of fused-ring (bicyclic) bond motifs is 2. The monoisotopic (exact) mass is 527 g/mol. The van der Waals surface area contributed by atoms with Gasteiger partial charge in [0.25, 0.3) is 0 Å². The van der Waals surface area contributed by atoms with Gasteiger partial charge in [-0.05, 0) is 34.0 Å². The highest BCUT2D eigenvalue weighted by molar-refractivity contribution is 6.07. The molecule has 0 aromatic heterocycles. The van der Waals surface area contributed by atoms with E-state index in [9.17, 15) is 14.4 Å². The molecule has 38 heavy (non-hydrogen) atoms. The van der Waals surface area contributed by atoms with Crippen LogP contribution in [0.1, 0.15) is 18.1 Å². The normalized spacial score (nSPS) is 15.8. The maximum Gasteiger partial charge on any atom is 0.233 e. The molecule has 4 aromatic rings. The van der Waals surface area contributed by atoms with Gasteiger partial charge in [-0.2, -0.15) is 0 Å². The molecule has 194 valence electrons. The second-order valence-corrected chi connectivity index (χ2v) is 9.52. The van der Waals surface area contributed by atoms with Crippen LogP contribution >= 0.6 is 12.4 Å². The zero-order valence-corrected chi connectivity index (χ0v) is 21.9. The van der Waals surface area contributed by atoms with Crippen LogP contribution in [0.4, 0.5) is 11.4 Å². The predicted octanol–water partition coefficient (Wildman–Crippen LogP) is 5.12. The smallest absolute Gasteiger partial charge is 0.233 e. The quantitative estimate of drug-likeness (QED) is 0.377. The second kappa shape index (κ2) is 11.5. The van der Waals surface area contributed by atoms with Crippen LogP contribution in [0.5, 0.6) is 0 Å². The minimum absolute atomic E-state index is 0. The van der Waals surface area contributed by atoms with Crippen molar-refractivity contribution >= 4 is 52.3 Å². The molecule has 4 aromatic carbocycles. The van der Waals surface area contributed by atoms with Gasteiger partial charge in [-0.25, -0.2) is 0 Å². The number of rotatable bonds is 6. The number of benzene rings is 4. The Morgan fingerprint density at radius 3 is 2.24 bits per heavy atom. The van der Waals surface area contributed by atoms with E-state index in [-0.39, 0.29) is 37.2 Å². The third-order valence-electron chi connectivity index (χ3n) is 7.19. The molecule has 2 N–H and O–H groups in total. The fraction of sp³-hybridized carbons (Fsp3) is 0.194. The minimum Gasteiger partial charge on any atom is -0.369 e. The van der Waals surface area contributed by atoms with Gasteiger partial charge in [0.05, 0.1) is 30.3 Å². The number of nitrogens with zero attached hydrogens (tertiary/aromatic N) is 2. The summed E-state index contributed by atoms with van der Waals surface area (Å²) in [4.78, 5) is 43.4. The number of nitrogens with two attached hydrogens (primary N) is 1. The van der Waals surface area contributed by atoms with E-state index in [4.69, 9.17) is 5.73 Å². The van der Waals surface area contributed by atoms with E-state index in [1.165, 1.54) is 0 Å². The Morgan fingerprint density at radius 2 is 1.50 bits per heavy atom. The summed E-state index contributed by atoms with van der Waals surface area (Å²) in [5, 5.41) is 2.13. The number of hydrogen-bond acceptors (Lipinski definition) is 3. The summed E-state index contributed by atoms with van der Waals surface area (Å²) in [7, 11) is 0. The topological polar surface area (TPSA) is 83.7 Å². The molecule has 0 saturated heterocycles. The van der Waals surface area contributed by atoms with Gasteiger partial charge >= 0.3 is 0 Å². The molecule has 1 heterocycles. The lowest BCUT2D eigenvalue weighted by atomic mass is 9.91. The van der Waals surface area contributed by atoms with E-state index >= 15 is 0 Å². The largest absolute Gasteiger partial charge is 0.369 e. The summed E-state index contributed by atoms with van der Waals surface area (Å²) in [5.74, 6) is -2.45. The van der Waals surface area contributed by atoms with Gasteiger partial charge in [0, 0.05) is 12.5 Å². The van der Waals surface area contributed by atoms with Gasteiger partial charge in [-0.15, -0.1) is 12.4 Å². The van der Waals surface area contributed by atoms with Crippen molar-refractivity contribution in [1.29, 1.82) is 0 Å². The van der Waals surface area contributed by atoms with E-state index in [1.54, 1.807) is 16.7 Å². The van der Waals surface area contributed by atoms with Crippen molar-refractivity contribution in [1.82, 2.24) is 0 Å². The number of hydrogen-bond donors (Lipinski definition) is 1. The molecule has 1 aliphatic heterocycles. The molecule has 0 radical (unpaired) electrons. The lowest BCUT2D eigenvalue weighted by molar-refractivity contribution is -0.131. The van der Waals surface area contributed by atoms with Crippen LogP contribution < -0.4 is 15.5 Å². The van der Waals surface area contributed by atoms with E-state index in [2.05, 4.69) is 0 Å². The fourth-order valence-electron chi connectivity index (χ4n) is 5.05. The Labute approximate surface area is 228 Å². The number of amides is 3. The highest BCUT2D eigenvalue weighted by Gasteiger charge is 2.40. The summed E-state index contributed by atoms with van der Waals surface area (Å²) in [6.07, 6.45) is 0.185. The number of primary amides is 1. The van der Waals surface area contributed by atoms with Gasteiger partial charge in [-0.1, -0.05) is 91.9 Å². The van der Waals surface area contributed by atoms with Crippen LogP contribution in [0.2, 0.25) is 0 Å². The van der Waals surface area contributed by atoms with E-state index < -0.39 is 17.7 Å². The Morgan fingerprint density at radius 1 is 0.868 bits per heavy atom. The summed E-state index contributed by atoms with van der Waals surface area (Å²) in [5.41, 5.74) is 8.84. The van der Waals surface area contributed by atoms with Crippen molar-refractivity contribution < 1.29 is 14.4 Å². The SMILES string of the molecule is CC(C(N)=O)[C@H]1CN(C(=O)Cc2ccccc2)c2ccccc2N(Cc2cccc3ccccc23)C1=O.Cl. The van der Waals surface area contributed by atoms with Gasteiger partial charge in [0.2, 0.25) is 17.7 Å². The molecule has 0 saturated carbocycles. The van der Waals surface area contributed by atoms with Crippen molar-refractivity contribution in [2.24, 2.45) is 17.6 Å². The van der Waals surface area contributed by atoms with Crippen LogP contribution in [0, 0.1) is 11.8 Å². The summed E-state index contributed by atoms with van der Waals surface area (Å²) in [6, 6.07) is 31.0. The molecule has 2 atom stereocenters. The third kappa shape index (κ3) is 5.27. The highest BCUT2D eigenvalue weighted by atomic mass is 35.5. The molecular formula is C31H30ClN3O3. The van der Waals surface area contributed by atoms with E-state index in [0.29, 0.717) is 17.9 Å². The second-order valence-electron chi connectivity index (χ2n) is 9.52. The Kier molecular flexibility index (Phi) is 8.13. The van der Waals surface area contributed by atoms with Crippen LogP contribution in [-0.4, -0.2) is 24.3 Å². The first kappa shape index (κ1) is 26.9. The number of anilines is 2. The molecule has 1 unspecified atom stereocenters. The molecular weight excluding hydrogens is 498 g/mol. The maximum atomic E-state index is 14.1. The number of carbonyl (C=O) groups is 3. The van der Waals surface area contributed by atoms with Crippen molar-refractivity contribution in [2.45, 2.75) is 19.9 Å². The molecule has 0 fully saturated rings. The Balaban J connectivity index is 0.00000336. The summed E-state index contributed by atoms with van der Waals surface area (Å²) < 4.78 is 0. The zero-order chi connectivity index (χ0) is 25.9. The van der Waals surface area contributed by atoms with E-state index in [0.717, 1.165) is 21.9 Å². The fourth-order valence-corrected chi connectivity index (χ4v) is 5.05. The van der Waals surface area contributed by atoms with Crippen molar-refractivity contribution in [3.63, 3.8) is 0 Å². The third-order valence-corrected chi connectivity index (χ3v) is 7.19. The molecule has 0 spiro atoms. The summed E-state index contributed by atoms with van der Waals surface area (Å²) in [6.45, 7) is 2.05. The number of halogens is 1. The van der Waals surface area contributed by atoms with Crippen LogP contribution in [-0.2, 0) is 27.3 Å². The lowest BCUT2D eigenvalue weighted by Crippen LogP contribution is -2.45. The molecule has 7 heteroatoms. The minimum atomic E-state index is -0.778. The van der Waals surface area contributed by atoms with Gasteiger partial charge in [-0.3, -0.25) is 14.4 Å². The molecule has 6 nitrogen and oxygen atoms in total. The van der Waals surface area contributed by atoms with Gasteiger partial charge < -0.3 is 15.5 Å². The predicted molar refractivity (Wildman–Crippen MR) is 153 cm³/mol. The van der Waals surface area contributed by atoms with Crippen LogP contribution in [0.15, 0.2) is 97.1 Å². The zero-order valence-electron chi connectivity index (χ0n) is 21.1. The van der Waals surface area contributed by atoms with Crippen molar-refractivity contribution in [3.8, 4) is 0 Å². The van der Waals surface area contributed by atoms with Crippen LogP contribution in [0.3, 0.4) is 0 Å². The highest BCUT2D eigenvalue weighted by Crippen LogP contribution is 2.38. The average Bonchev–Trinajstić information content (AvgIpc) is 3.03. The first-order valence-electron chi connectivity index (χ1n) is 12.4. The molecule has 1 aliphatic rings. The van der Waals surface area contributed by atoms with E-state index in [1.807, 2.05) is 97.1 Å². The maximum absolute atomic E-state index is 14.1. The summed E-state index contributed by atoms with van der Waals surface area (Å²) >= 11 is 0. The van der Waals surface area contributed by atoms with Crippen LogP contribution in [0.25, 0.3) is 10.8 Å². The molecule has 0 bridgehead atoms. The number of para-hydroxylation sites is 2. The van der Waals surface area contributed by atoms with Gasteiger partial charge in [0.15, 0.2) is 0 Å². The number of carbonyl (C=O) groups excluding carboxylic acids is 3. The lowest BCUT2D eigenvalue weighted by Gasteiger charge is -2.27. The first-order valence-corrected chi connectivity index (χ1v) is 12.4. The Bertz CT molecular complexity index is 1470. The average molecular weight is 528 g/mol. The molecule has 3 amide bonds.